The lowest BCUT2D eigenvalue weighted by Crippen LogP contribution is -2.52. The van der Waals surface area contributed by atoms with Crippen molar-refractivity contribution in [1.29, 1.82) is 0 Å². The molecule has 2 heterocycles. The number of aromatic nitrogens is 2. The molecule has 7 heteroatoms. The number of nitrogens with zero attached hydrogens (tertiary/aromatic N) is 4. The topological polar surface area (TPSA) is 67.8 Å². The van der Waals surface area contributed by atoms with Crippen LogP contribution in [0.25, 0.3) is 0 Å². The van der Waals surface area contributed by atoms with Crippen LogP contribution in [0.2, 0.25) is 0 Å². The molecule has 1 saturated carbocycles. The largest absolute Gasteiger partial charge is 0.493 e. The zero-order valence-corrected chi connectivity index (χ0v) is 17.3. The summed E-state index contributed by atoms with van der Waals surface area (Å²) in [5.74, 6) is 2.71. The number of amides is 1. The van der Waals surface area contributed by atoms with Gasteiger partial charge in [0.05, 0.1) is 12.8 Å². The van der Waals surface area contributed by atoms with Gasteiger partial charge < -0.3 is 19.3 Å². The first kappa shape index (κ1) is 19.5. The first-order chi connectivity index (χ1) is 14.0. The molecule has 1 saturated heterocycles. The summed E-state index contributed by atoms with van der Waals surface area (Å²) in [5, 5.41) is 8.75. The highest BCUT2D eigenvalue weighted by Crippen LogP contribution is 2.38. The molecule has 1 aliphatic heterocycles. The smallest absolute Gasteiger partial charge is 0.263 e. The molecule has 4 rings (SSSR count). The Balaban J connectivity index is 1.32. The SMILES string of the molecule is COc1cc(C)ccc1OC(C)C(=O)N1CCN(c2ccc(C3CC3)nn2)CC1. The second-order valence-electron chi connectivity index (χ2n) is 7.82. The number of piperazine rings is 1. The Kier molecular flexibility index (Phi) is 5.56. The highest BCUT2D eigenvalue weighted by atomic mass is 16.5. The van der Waals surface area contributed by atoms with E-state index in [9.17, 15) is 4.79 Å². The second kappa shape index (κ2) is 8.27. The average molecular weight is 396 g/mol. The van der Waals surface area contributed by atoms with Gasteiger partial charge in [0.25, 0.3) is 5.91 Å². The summed E-state index contributed by atoms with van der Waals surface area (Å²) < 4.78 is 11.3. The Morgan fingerprint density at radius 1 is 1.07 bits per heavy atom. The monoisotopic (exact) mass is 396 g/mol. The molecule has 0 bridgehead atoms. The Morgan fingerprint density at radius 3 is 2.45 bits per heavy atom. The number of ether oxygens (including phenoxy) is 2. The number of anilines is 1. The van der Waals surface area contributed by atoms with Gasteiger partial charge >= 0.3 is 0 Å². The average Bonchev–Trinajstić information content (AvgIpc) is 3.60. The van der Waals surface area contributed by atoms with Crippen LogP contribution >= 0.6 is 0 Å². The Hall–Kier alpha value is -2.83. The van der Waals surface area contributed by atoms with Crippen molar-refractivity contribution in [2.45, 2.75) is 38.7 Å². The summed E-state index contributed by atoms with van der Waals surface area (Å²) in [4.78, 5) is 16.9. The molecule has 2 aromatic rings. The second-order valence-corrected chi connectivity index (χ2v) is 7.82. The zero-order chi connectivity index (χ0) is 20.4. The Morgan fingerprint density at radius 2 is 1.83 bits per heavy atom. The van der Waals surface area contributed by atoms with E-state index < -0.39 is 6.10 Å². The van der Waals surface area contributed by atoms with E-state index in [-0.39, 0.29) is 5.91 Å². The van der Waals surface area contributed by atoms with Crippen molar-refractivity contribution in [3.63, 3.8) is 0 Å². The summed E-state index contributed by atoms with van der Waals surface area (Å²) in [5.41, 5.74) is 2.18. The molecule has 29 heavy (non-hydrogen) atoms. The van der Waals surface area contributed by atoms with Gasteiger partial charge in [0.2, 0.25) is 0 Å². The molecule has 2 aliphatic rings. The summed E-state index contributed by atoms with van der Waals surface area (Å²) in [6, 6.07) is 9.83. The molecule has 1 aromatic heterocycles. The quantitative estimate of drug-likeness (QED) is 0.748. The maximum Gasteiger partial charge on any atom is 0.263 e. The van der Waals surface area contributed by atoms with Crippen LogP contribution in [0.5, 0.6) is 11.5 Å². The number of methoxy groups -OCH3 is 1. The summed E-state index contributed by atoms with van der Waals surface area (Å²) >= 11 is 0. The molecule has 1 unspecified atom stereocenters. The van der Waals surface area contributed by atoms with Gasteiger partial charge in [-0.05, 0) is 56.5 Å². The number of carbonyl (C=O) groups excluding carboxylic acids is 1. The van der Waals surface area contributed by atoms with Crippen molar-refractivity contribution in [2.24, 2.45) is 0 Å². The molecule has 2 fully saturated rings. The number of benzene rings is 1. The van der Waals surface area contributed by atoms with Gasteiger partial charge in [-0.2, -0.15) is 5.10 Å². The molecule has 0 N–H and O–H groups in total. The number of aryl methyl sites for hydroxylation is 1. The number of hydrogen-bond donors (Lipinski definition) is 0. The Labute approximate surface area is 171 Å². The van der Waals surface area contributed by atoms with Gasteiger partial charge in [-0.1, -0.05) is 6.07 Å². The van der Waals surface area contributed by atoms with Gasteiger partial charge in [-0.15, -0.1) is 5.10 Å². The molecule has 0 radical (unpaired) electrons. The maximum atomic E-state index is 12.9. The molecule has 0 spiro atoms. The number of hydrogen-bond acceptors (Lipinski definition) is 6. The molecule has 1 amide bonds. The predicted octanol–water partition coefficient (Wildman–Crippen LogP) is 2.79. The van der Waals surface area contributed by atoms with Crippen LogP contribution in [-0.2, 0) is 4.79 Å². The van der Waals surface area contributed by atoms with Crippen LogP contribution in [0.15, 0.2) is 30.3 Å². The fourth-order valence-corrected chi connectivity index (χ4v) is 3.63. The highest BCUT2D eigenvalue weighted by molar-refractivity contribution is 5.81. The molecular formula is C22H28N4O3. The first-order valence-corrected chi connectivity index (χ1v) is 10.2. The van der Waals surface area contributed by atoms with Gasteiger partial charge in [0, 0.05) is 32.1 Å². The van der Waals surface area contributed by atoms with Crippen molar-refractivity contribution in [3.05, 3.63) is 41.6 Å². The third-order valence-corrected chi connectivity index (χ3v) is 5.55. The minimum atomic E-state index is -0.573. The number of rotatable bonds is 6. The van der Waals surface area contributed by atoms with Gasteiger partial charge in [-0.25, -0.2) is 0 Å². The predicted molar refractivity (Wildman–Crippen MR) is 111 cm³/mol. The molecular weight excluding hydrogens is 368 g/mol. The third kappa shape index (κ3) is 4.44. The van der Waals surface area contributed by atoms with Gasteiger partial charge in [0.1, 0.15) is 0 Å². The van der Waals surface area contributed by atoms with Gasteiger partial charge in [-0.3, -0.25) is 4.79 Å². The van der Waals surface area contributed by atoms with E-state index in [1.54, 1.807) is 14.0 Å². The van der Waals surface area contributed by atoms with Crippen LogP contribution in [0.3, 0.4) is 0 Å². The normalized spacial score (nSPS) is 17.8. The van der Waals surface area contributed by atoms with E-state index >= 15 is 0 Å². The van der Waals surface area contributed by atoms with Gasteiger partial charge in [0.15, 0.2) is 23.4 Å². The lowest BCUT2D eigenvalue weighted by Gasteiger charge is -2.36. The highest BCUT2D eigenvalue weighted by Gasteiger charge is 2.28. The lowest BCUT2D eigenvalue weighted by molar-refractivity contribution is -0.138. The zero-order valence-electron chi connectivity index (χ0n) is 17.3. The molecule has 154 valence electrons. The van der Waals surface area contributed by atoms with E-state index in [1.165, 1.54) is 12.8 Å². The van der Waals surface area contributed by atoms with Crippen molar-refractivity contribution in [2.75, 3.05) is 38.2 Å². The minimum Gasteiger partial charge on any atom is -0.493 e. The lowest BCUT2D eigenvalue weighted by atomic mass is 10.2. The fourth-order valence-electron chi connectivity index (χ4n) is 3.63. The standard InChI is InChI=1S/C22H28N4O3/c1-15-4-8-19(20(14-15)28-3)29-16(2)22(27)26-12-10-25(11-13-26)21-9-7-18(23-24-21)17-5-6-17/h4,7-9,14,16-17H,5-6,10-13H2,1-3H3. The van der Waals surface area contributed by atoms with E-state index in [0.717, 1.165) is 30.2 Å². The van der Waals surface area contributed by atoms with Crippen LogP contribution in [0.1, 0.15) is 36.9 Å². The van der Waals surface area contributed by atoms with Crippen LogP contribution in [0, 0.1) is 6.92 Å². The van der Waals surface area contributed by atoms with Crippen molar-refractivity contribution in [1.82, 2.24) is 15.1 Å². The third-order valence-electron chi connectivity index (χ3n) is 5.55. The fraction of sp³-hybridized carbons (Fsp3) is 0.500. The van der Waals surface area contributed by atoms with Crippen molar-refractivity contribution in [3.8, 4) is 11.5 Å². The van der Waals surface area contributed by atoms with Crippen molar-refractivity contribution >= 4 is 11.7 Å². The first-order valence-electron chi connectivity index (χ1n) is 10.2. The van der Waals surface area contributed by atoms with Crippen LogP contribution in [-0.4, -0.2) is 60.4 Å². The van der Waals surface area contributed by atoms with Crippen LogP contribution in [0.4, 0.5) is 5.82 Å². The van der Waals surface area contributed by atoms with E-state index in [1.807, 2.05) is 36.1 Å². The minimum absolute atomic E-state index is 0.0116. The molecule has 7 nitrogen and oxygen atoms in total. The Bertz CT molecular complexity index is 859. The van der Waals surface area contributed by atoms with E-state index in [4.69, 9.17) is 9.47 Å². The summed E-state index contributed by atoms with van der Waals surface area (Å²) in [6.45, 7) is 6.54. The summed E-state index contributed by atoms with van der Waals surface area (Å²) in [7, 11) is 1.60. The van der Waals surface area contributed by atoms with E-state index in [0.29, 0.717) is 30.5 Å². The summed E-state index contributed by atoms with van der Waals surface area (Å²) in [6.07, 6.45) is 1.88. The van der Waals surface area contributed by atoms with Crippen molar-refractivity contribution < 1.29 is 14.3 Å². The van der Waals surface area contributed by atoms with E-state index in [2.05, 4.69) is 21.2 Å². The molecule has 1 aliphatic carbocycles. The maximum absolute atomic E-state index is 12.9. The number of carbonyl (C=O) groups is 1. The van der Waals surface area contributed by atoms with Crippen LogP contribution < -0.4 is 14.4 Å². The molecule has 1 aromatic carbocycles. The molecule has 1 atom stereocenters.